The van der Waals surface area contributed by atoms with Crippen LogP contribution >= 0.6 is 0 Å². The molecule has 0 spiro atoms. The van der Waals surface area contributed by atoms with Gasteiger partial charge in [-0.2, -0.15) is 0 Å². The second-order valence-corrected chi connectivity index (χ2v) is 9.51. The second kappa shape index (κ2) is 10.4. The van der Waals surface area contributed by atoms with Gasteiger partial charge in [0.25, 0.3) is 0 Å². The highest BCUT2D eigenvalue weighted by atomic mass is 16.5. The molecule has 3 aromatic rings. The predicted octanol–water partition coefficient (Wildman–Crippen LogP) is 8.19. The maximum Gasteiger partial charge on any atom is 0.135 e. The van der Waals surface area contributed by atoms with Crippen molar-refractivity contribution < 1.29 is 9.47 Å². The van der Waals surface area contributed by atoms with Gasteiger partial charge in [-0.15, -0.1) is 0 Å². The lowest BCUT2D eigenvalue weighted by atomic mass is 9.66. The van der Waals surface area contributed by atoms with Crippen LogP contribution in [0, 0.1) is 5.92 Å². The average Bonchev–Trinajstić information content (AvgIpc) is 2.81. The molecule has 0 radical (unpaired) electrons. The van der Waals surface area contributed by atoms with Crippen molar-refractivity contribution in [1.29, 1.82) is 0 Å². The Morgan fingerprint density at radius 3 is 2.53 bits per heavy atom. The van der Waals surface area contributed by atoms with Crippen molar-refractivity contribution in [2.24, 2.45) is 5.92 Å². The molecule has 1 aliphatic carbocycles. The van der Waals surface area contributed by atoms with Gasteiger partial charge in [0.15, 0.2) is 0 Å². The van der Waals surface area contributed by atoms with E-state index in [-0.39, 0.29) is 5.41 Å². The zero-order chi connectivity index (χ0) is 22.4. The van der Waals surface area contributed by atoms with Crippen LogP contribution in [0.3, 0.4) is 0 Å². The van der Waals surface area contributed by atoms with Crippen LogP contribution in [0.2, 0.25) is 0 Å². The van der Waals surface area contributed by atoms with Crippen molar-refractivity contribution in [3.8, 4) is 22.6 Å². The van der Waals surface area contributed by atoms with Gasteiger partial charge >= 0.3 is 0 Å². The van der Waals surface area contributed by atoms with Crippen molar-refractivity contribution in [2.45, 2.75) is 57.8 Å². The smallest absolute Gasteiger partial charge is 0.135 e. The first-order valence-corrected chi connectivity index (χ1v) is 12.1. The van der Waals surface area contributed by atoms with Crippen molar-refractivity contribution in [2.75, 3.05) is 13.7 Å². The lowest BCUT2D eigenvalue weighted by Crippen LogP contribution is -2.32. The fraction of sp³-hybridized carbons (Fsp3) is 0.400. The zero-order valence-corrected chi connectivity index (χ0v) is 19.8. The predicted molar refractivity (Wildman–Crippen MR) is 134 cm³/mol. The molecule has 2 atom stereocenters. The second-order valence-electron chi connectivity index (χ2n) is 9.51. The van der Waals surface area contributed by atoms with Gasteiger partial charge in [0, 0.05) is 19.3 Å². The highest BCUT2D eigenvalue weighted by molar-refractivity contribution is 5.70. The Hall–Kier alpha value is -2.58. The SMILES string of the molecule is CCCc1ccc(Oc2ccccc2-c2ccccc2)cc1[C@@]1(C)CCC[C@H](COC)C1. The molecule has 0 saturated heterocycles. The Balaban J connectivity index is 1.68. The Morgan fingerprint density at radius 1 is 0.969 bits per heavy atom. The summed E-state index contributed by atoms with van der Waals surface area (Å²) in [6.45, 7) is 5.57. The monoisotopic (exact) mass is 428 g/mol. The van der Waals surface area contributed by atoms with Gasteiger partial charge in [-0.25, -0.2) is 0 Å². The van der Waals surface area contributed by atoms with E-state index in [0.717, 1.165) is 36.5 Å². The minimum Gasteiger partial charge on any atom is -0.457 e. The molecule has 4 rings (SSSR count). The molecule has 0 aliphatic heterocycles. The van der Waals surface area contributed by atoms with E-state index >= 15 is 0 Å². The quantitative estimate of drug-likeness (QED) is 0.360. The van der Waals surface area contributed by atoms with E-state index in [1.165, 1.54) is 42.4 Å². The van der Waals surface area contributed by atoms with Crippen LogP contribution in [0.4, 0.5) is 0 Å². The molecule has 168 valence electrons. The summed E-state index contributed by atoms with van der Waals surface area (Å²) in [5.41, 5.74) is 5.40. The first-order valence-electron chi connectivity index (χ1n) is 12.1. The third kappa shape index (κ3) is 5.07. The molecule has 1 fully saturated rings. The Labute approximate surface area is 193 Å². The van der Waals surface area contributed by atoms with Crippen LogP contribution in [0.1, 0.15) is 57.1 Å². The van der Waals surface area contributed by atoms with Gasteiger partial charge in [0.1, 0.15) is 11.5 Å². The fourth-order valence-electron chi connectivity index (χ4n) is 5.45. The van der Waals surface area contributed by atoms with Gasteiger partial charge in [-0.05, 0) is 71.9 Å². The zero-order valence-electron chi connectivity index (χ0n) is 19.8. The summed E-state index contributed by atoms with van der Waals surface area (Å²) in [5, 5.41) is 0. The van der Waals surface area contributed by atoms with E-state index < -0.39 is 0 Å². The molecule has 0 heterocycles. The molecular weight excluding hydrogens is 392 g/mol. The van der Waals surface area contributed by atoms with Gasteiger partial charge < -0.3 is 9.47 Å². The van der Waals surface area contributed by atoms with E-state index in [9.17, 15) is 0 Å². The first kappa shape index (κ1) is 22.6. The minimum atomic E-state index is 0.171. The summed E-state index contributed by atoms with van der Waals surface area (Å²) >= 11 is 0. The third-order valence-corrected chi connectivity index (χ3v) is 6.93. The molecule has 0 amide bonds. The van der Waals surface area contributed by atoms with Gasteiger partial charge in [-0.1, -0.05) is 81.3 Å². The number of rotatable bonds is 8. The molecule has 2 nitrogen and oxygen atoms in total. The van der Waals surface area contributed by atoms with Crippen molar-refractivity contribution in [3.05, 3.63) is 83.9 Å². The van der Waals surface area contributed by atoms with Crippen molar-refractivity contribution in [3.63, 3.8) is 0 Å². The average molecular weight is 429 g/mol. The Kier molecular flexibility index (Phi) is 7.32. The number of para-hydroxylation sites is 1. The lowest BCUT2D eigenvalue weighted by Gasteiger charge is -2.40. The molecular formula is C30H36O2. The highest BCUT2D eigenvalue weighted by Crippen LogP contribution is 2.45. The summed E-state index contributed by atoms with van der Waals surface area (Å²) in [5.74, 6) is 2.47. The first-order chi connectivity index (χ1) is 15.6. The summed E-state index contributed by atoms with van der Waals surface area (Å²) in [6, 6.07) is 25.6. The minimum absolute atomic E-state index is 0.171. The molecule has 3 aromatic carbocycles. The number of hydrogen-bond donors (Lipinski definition) is 0. The number of methoxy groups -OCH3 is 1. The topological polar surface area (TPSA) is 18.5 Å². The highest BCUT2D eigenvalue weighted by Gasteiger charge is 2.35. The maximum atomic E-state index is 6.52. The van der Waals surface area contributed by atoms with Crippen molar-refractivity contribution in [1.82, 2.24) is 0 Å². The number of hydrogen-bond acceptors (Lipinski definition) is 2. The van der Waals surface area contributed by atoms with Gasteiger partial charge in [-0.3, -0.25) is 0 Å². The molecule has 1 aliphatic rings. The van der Waals surface area contributed by atoms with E-state index in [1.54, 1.807) is 0 Å². The maximum absolute atomic E-state index is 6.52. The lowest BCUT2D eigenvalue weighted by molar-refractivity contribution is 0.107. The normalized spacial score (nSPS) is 20.8. The van der Waals surface area contributed by atoms with Gasteiger partial charge in [0.2, 0.25) is 0 Å². The Bertz CT molecular complexity index is 1010. The molecule has 0 bridgehead atoms. The molecule has 0 aromatic heterocycles. The summed E-state index contributed by atoms with van der Waals surface area (Å²) in [6.07, 6.45) is 7.21. The summed E-state index contributed by atoms with van der Waals surface area (Å²) < 4.78 is 12.0. The molecule has 0 unspecified atom stereocenters. The van der Waals surface area contributed by atoms with Crippen LogP contribution in [-0.4, -0.2) is 13.7 Å². The largest absolute Gasteiger partial charge is 0.457 e. The number of aryl methyl sites for hydroxylation is 1. The van der Waals surface area contributed by atoms with E-state index in [0.29, 0.717) is 5.92 Å². The molecule has 32 heavy (non-hydrogen) atoms. The third-order valence-electron chi connectivity index (χ3n) is 6.93. The standard InChI is InChI=1S/C30H36O2/c1-4-11-25-17-18-26(20-28(25)30(2)19-10-12-23(21-30)22-31-3)32-29-16-9-8-15-27(29)24-13-6-5-7-14-24/h5-9,13-18,20,23H,4,10-12,19,21-22H2,1-3H3/t23-,30-/m0/s1. The van der Waals surface area contributed by atoms with Crippen molar-refractivity contribution >= 4 is 0 Å². The molecule has 0 N–H and O–H groups in total. The van der Waals surface area contributed by atoms with Crippen LogP contribution in [0.15, 0.2) is 72.8 Å². The summed E-state index contributed by atoms with van der Waals surface area (Å²) in [7, 11) is 1.83. The molecule has 1 saturated carbocycles. The number of benzene rings is 3. The Morgan fingerprint density at radius 2 is 1.75 bits per heavy atom. The van der Waals surface area contributed by atoms with E-state index in [2.05, 4.69) is 74.5 Å². The fourth-order valence-corrected chi connectivity index (χ4v) is 5.45. The van der Waals surface area contributed by atoms with Crippen LogP contribution < -0.4 is 4.74 Å². The summed E-state index contributed by atoms with van der Waals surface area (Å²) in [4.78, 5) is 0. The van der Waals surface area contributed by atoms with Crippen LogP contribution in [0.5, 0.6) is 11.5 Å². The molecule has 2 heteroatoms. The van der Waals surface area contributed by atoms with Crippen LogP contribution in [0.25, 0.3) is 11.1 Å². The van der Waals surface area contributed by atoms with Crippen LogP contribution in [-0.2, 0) is 16.6 Å². The number of ether oxygens (including phenoxy) is 2. The van der Waals surface area contributed by atoms with E-state index in [1.807, 2.05) is 19.2 Å². The van der Waals surface area contributed by atoms with Gasteiger partial charge in [0.05, 0.1) is 0 Å². The van der Waals surface area contributed by atoms with E-state index in [4.69, 9.17) is 9.47 Å².